The minimum Gasteiger partial charge on any atom is -0.231 e. The van der Waals surface area contributed by atoms with Gasteiger partial charge in [-0.05, 0) is 35.3 Å². The van der Waals surface area contributed by atoms with Crippen LogP contribution in [0.15, 0.2) is 4.47 Å². The smallest absolute Gasteiger partial charge is 0.231 e. The van der Waals surface area contributed by atoms with Crippen molar-refractivity contribution >= 4 is 32.8 Å². The van der Waals surface area contributed by atoms with E-state index in [0.29, 0.717) is 5.65 Å². The first-order valence-corrected chi connectivity index (χ1v) is 4.80. The summed E-state index contributed by atoms with van der Waals surface area (Å²) >= 11 is 3.42. The molecule has 14 heavy (non-hydrogen) atoms. The van der Waals surface area contributed by atoms with Crippen molar-refractivity contribution in [2.45, 2.75) is 13.8 Å². The molecular weight excluding hydrogens is 246 g/mol. The van der Waals surface area contributed by atoms with Crippen molar-refractivity contribution in [3.63, 3.8) is 0 Å². The van der Waals surface area contributed by atoms with E-state index < -0.39 is 0 Å². The van der Waals surface area contributed by atoms with Gasteiger partial charge < -0.3 is 0 Å². The molecule has 0 aliphatic carbocycles. The Morgan fingerprint density at radius 3 is 2.79 bits per heavy atom. The van der Waals surface area contributed by atoms with Crippen molar-refractivity contribution in [3.05, 3.63) is 20.7 Å². The monoisotopic (exact) mass is 252 g/mol. The molecule has 0 unspecified atom stereocenters. The Balaban J connectivity index is 2.97. The Hall–Kier alpha value is -1.48. The molecular formula is C8H7BrN5+. The average Bonchev–Trinajstić information content (AvgIpc) is 2.57. The summed E-state index contributed by atoms with van der Waals surface area (Å²) in [7, 11) is 0. The molecule has 0 aromatic carbocycles. The van der Waals surface area contributed by atoms with E-state index in [9.17, 15) is 0 Å². The summed E-state index contributed by atoms with van der Waals surface area (Å²) in [5, 5.41) is 16.0. The third kappa shape index (κ3) is 1.09. The highest BCUT2D eigenvalue weighted by Gasteiger charge is 2.22. The maximum atomic E-state index is 8.71. The average molecular weight is 253 g/mol. The van der Waals surface area contributed by atoms with E-state index in [1.165, 1.54) is 0 Å². The quantitative estimate of drug-likeness (QED) is 0.734. The molecule has 2 aromatic rings. The minimum atomic E-state index is 0.269. The van der Waals surface area contributed by atoms with Crippen LogP contribution in [-0.2, 0) is 0 Å². The molecule has 2 rings (SSSR count). The first-order valence-electron chi connectivity index (χ1n) is 4.01. The van der Waals surface area contributed by atoms with Crippen LogP contribution < -0.4 is 0 Å². The van der Waals surface area contributed by atoms with Crippen LogP contribution in [0.25, 0.3) is 16.0 Å². The predicted octanol–water partition coefficient (Wildman–Crippen LogP) is 2.82. The molecule has 0 saturated heterocycles. The summed E-state index contributed by atoms with van der Waals surface area (Å²) in [6.45, 7) is 3.82. The Morgan fingerprint density at radius 2 is 2.14 bits per heavy atom. The van der Waals surface area contributed by atoms with Crippen LogP contribution >= 0.6 is 15.9 Å². The number of aromatic nitrogens is 3. The minimum absolute atomic E-state index is 0.269. The van der Waals surface area contributed by atoms with Gasteiger partial charge in [0.05, 0.1) is 16.2 Å². The van der Waals surface area contributed by atoms with Gasteiger partial charge in [0.1, 0.15) is 5.39 Å². The van der Waals surface area contributed by atoms with Crippen molar-refractivity contribution in [2.75, 3.05) is 0 Å². The molecule has 6 heteroatoms. The number of H-pyrrole nitrogens is 1. The molecule has 70 valence electrons. The molecule has 0 bridgehead atoms. The van der Waals surface area contributed by atoms with E-state index in [4.69, 9.17) is 5.39 Å². The zero-order valence-corrected chi connectivity index (χ0v) is 9.25. The first-order chi connectivity index (χ1) is 6.65. The highest BCUT2D eigenvalue weighted by atomic mass is 79.9. The topological polar surface area (TPSA) is 69.7 Å². The lowest BCUT2D eigenvalue weighted by molar-refractivity contribution is 1.09. The molecule has 0 aliphatic rings. The fourth-order valence-electron chi connectivity index (χ4n) is 1.42. The number of fused-ring (bicyclic) bond motifs is 1. The van der Waals surface area contributed by atoms with Crippen molar-refractivity contribution in [1.29, 1.82) is 5.39 Å². The SMILES string of the molecule is Cc1nc2[nH]nc([N+]#N)c2c(C)c1Br. The first kappa shape index (κ1) is 9.09. The second-order valence-electron chi connectivity index (χ2n) is 3.01. The van der Waals surface area contributed by atoms with Gasteiger partial charge in [-0.25, -0.2) is 4.98 Å². The standard InChI is InChI=1S/C8H7BrN5/c1-3-5-7(11-4(2)6(3)9)13-14-8(5)12-10/h1-2H3,(H,11,13,14)/q+1. The van der Waals surface area contributed by atoms with Gasteiger partial charge in [0.2, 0.25) is 0 Å². The van der Waals surface area contributed by atoms with Gasteiger partial charge in [0.15, 0.2) is 5.65 Å². The van der Waals surface area contributed by atoms with Crippen LogP contribution in [0.5, 0.6) is 0 Å². The summed E-state index contributed by atoms with van der Waals surface area (Å²) in [6, 6.07) is 0. The lowest BCUT2D eigenvalue weighted by Crippen LogP contribution is -1.88. The maximum Gasteiger partial charge on any atom is 0.497 e. The molecule has 1 N–H and O–H groups in total. The van der Waals surface area contributed by atoms with Gasteiger partial charge in [-0.3, -0.25) is 0 Å². The van der Waals surface area contributed by atoms with E-state index in [1.54, 1.807) is 0 Å². The highest BCUT2D eigenvalue weighted by molar-refractivity contribution is 9.10. The van der Waals surface area contributed by atoms with Crippen LogP contribution in [0.1, 0.15) is 11.3 Å². The summed E-state index contributed by atoms with van der Waals surface area (Å²) in [6.07, 6.45) is 0. The number of hydrogen-bond acceptors (Lipinski definition) is 3. The summed E-state index contributed by atoms with van der Waals surface area (Å²) in [5.41, 5.74) is 2.48. The molecule has 0 amide bonds. The van der Waals surface area contributed by atoms with E-state index in [0.717, 1.165) is 21.1 Å². The van der Waals surface area contributed by atoms with E-state index >= 15 is 0 Å². The number of nitrogens with zero attached hydrogens (tertiary/aromatic N) is 4. The fourth-order valence-corrected chi connectivity index (χ4v) is 1.71. The van der Waals surface area contributed by atoms with Gasteiger partial charge in [-0.15, -0.1) is 0 Å². The van der Waals surface area contributed by atoms with Crippen molar-refractivity contribution in [2.24, 2.45) is 0 Å². The second-order valence-corrected chi connectivity index (χ2v) is 3.80. The predicted molar refractivity (Wildman–Crippen MR) is 55.8 cm³/mol. The van der Waals surface area contributed by atoms with Crippen LogP contribution in [0.3, 0.4) is 0 Å². The number of nitrogens with one attached hydrogen (secondary N) is 1. The van der Waals surface area contributed by atoms with Gasteiger partial charge in [0.25, 0.3) is 0 Å². The van der Waals surface area contributed by atoms with Crippen LogP contribution in [-0.4, -0.2) is 15.2 Å². The fraction of sp³-hybridized carbons (Fsp3) is 0.250. The van der Waals surface area contributed by atoms with Gasteiger partial charge in [-0.1, -0.05) is 0 Å². The normalized spacial score (nSPS) is 10.4. The van der Waals surface area contributed by atoms with Gasteiger partial charge >= 0.3 is 5.82 Å². The highest BCUT2D eigenvalue weighted by Crippen LogP contribution is 2.31. The molecule has 0 radical (unpaired) electrons. The molecule has 5 nitrogen and oxygen atoms in total. The van der Waals surface area contributed by atoms with Gasteiger partial charge in [0, 0.05) is 9.45 Å². The summed E-state index contributed by atoms with van der Waals surface area (Å²) in [4.78, 5) is 7.36. The van der Waals surface area contributed by atoms with Crippen LogP contribution in [0.2, 0.25) is 0 Å². The number of aromatic amines is 1. The number of aryl methyl sites for hydroxylation is 2. The molecule has 0 spiro atoms. The molecule has 2 heterocycles. The van der Waals surface area contributed by atoms with Crippen molar-refractivity contribution < 1.29 is 0 Å². The Kier molecular flexibility index (Phi) is 1.97. The summed E-state index contributed by atoms with van der Waals surface area (Å²) in [5.74, 6) is 0.269. The number of hydrogen-bond donors (Lipinski definition) is 1. The maximum absolute atomic E-state index is 8.71. The number of rotatable bonds is 0. The largest absolute Gasteiger partial charge is 0.497 e. The van der Waals surface area contributed by atoms with E-state index in [2.05, 4.69) is 36.1 Å². The molecule has 0 saturated carbocycles. The lowest BCUT2D eigenvalue weighted by atomic mass is 10.2. The lowest BCUT2D eigenvalue weighted by Gasteiger charge is -2.00. The number of halogens is 1. The Bertz CT molecular complexity index is 551. The zero-order chi connectivity index (χ0) is 10.3. The number of diazo groups is 1. The van der Waals surface area contributed by atoms with Crippen molar-refractivity contribution in [3.8, 4) is 0 Å². The van der Waals surface area contributed by atoms with Gasteiger partial charge in [-0.2, -0.15) is 5.10 Å². The van der Waals surface area contributed by atoms with Crippen LogP contribution in [0.4, 0.5) is 5.82 Å². The Labute approximate surface area is 88.3 Å². The van der Waals surface area contributed by atoms with E-state index in [1.807, 2.05) is 13.8 Å². The molecule has 0 aliphatic heterocycles. The summed E-state index contributed by atoms with van der Waals surface area (Å²) < 4.78 is 0.913. The number of pyridine rings is 1. The molecule has 2 aromatic heterocycles. The van der Waals surface area contributed by atoms with Crippen molar-refractivity contribution in [1.82, 2.24) is 15.2 Å². The molecule has 0 atom stereocenters. The molecule has 0 fully saturated rings. The van der Waals surface area contributed by atoms with E-state index in [-0.39, 0.29) is 5.82 Å². The third-order valence-electron chi connectivity index (χ3n) is 2.12. The Morgan fingerprint density at radius 1 is 1.43 bits per heavy atom. The second kappa shape index (κ2) is 3.03. The van der Waals surface area contributed by atoms with Crippen LogP contribution in [0, 0.1) is 19.2 Å². The zero-order valence-electron chi connectivity index (χ0n) is 7.67. The third-order valence-corrected chi connectivity index (χ3v) is 3.29.